The lowest BCUT2D eigenvalue weighted by atomic mass is 10.1. The van der Waals surface area contributed by atoms with E-state index in [2.05, 4.69) is 0 Å². The highest BCUT2D eigenvalue weighted by Crippen LogP contribution is 2.27. The fraction of sp³-hybridized carbons (Fsp3) is 0.235. The normalized spacial score (nSPS) is 11.7. The first-order valence-corrected chi connectivity index (χ1v) is 7.57. The summed E-state index contributed by atoms with van der Waals surface area (Å²) < 4.78 is 10.6. The lowest BCUT2D eigenvalue weighted by Crippen LogP contribution is -2.15. The van der Waals surface area contributed by atoms with E-state index in [1.54, 1.807) is 18.9 Å². The number of carbonyl (C=O) groups excluding carboxylic acids is 1. The SMILES string of the molecule is COc1ccc(CC(OC(C)=O)Sc2ccccc2)cc1. The predicted octanol–water partition coefficient (Wildman–Crippen LogP) is 3.92. The molecule has 0 bridgehead atoms. The summed E-state index contributed by atoms with van der Waals surface area (Å²) in [7, 11) is 1.64. The zero-order valence-electron chi connectivity index (χ0n) is 12.1. The van der Waals surface area contributed by atoms with Crippen molar-refractivity contribution in [1.82, 2.24) is 0 Å². The smallest absolute Gasteiger partial charge is 0.303 e. The lowest BCUT2D eigenvalue weighted by Gasteiger charge is -2.17. The van der Waals surface area contributed by atoms with E-state index in [4.69, 9.17) is 9.47 Å². The van der Waals surface area contributed by atoms with Crippen LogP contribution in [0.1, 0.15) is 12.5 Å². The molecular weight excluding hydrogens is 284 g/mol. The maximum atomic E-state index is 11.3. The van der Waals surface area contributed by atoms with Gasteiger partial charge in [0.05, 0.1) is 7.11 Å². The second-order valence-corrected chi connectivity index (χ2v) is 5.75. The van der Waals surface area contributed by atoms with Crippen LogP contribution in [0.4, 0.5) is 0 Å². The average Bonchev–Trinajstić information content (AvgIpc) is 2.48. The van der Waals surface area contributed by atoms with Crippen LogP contribution in [0.15, 0.2) is 59.5 Å². The van der Waals surface area contributed by atoms with Gasteiger partial charge in [0.15, 0.2) is 5.44 Å². The van der Waals surface area contributed by atoms with E-state index >= 15 is 0 Å². The van der Waals surface area contributed by atoms with E-state index in [0.717, 1.165) is 16.2 Å². The minimum atomic E-state index is -0.267. The van der Waals surface area contributed by atoms with Crippen molar-refractivity contribution in [3.63, 3.8) is 0 Å². The van der Waals surface area contributed by atoms with E-state index in [1.165, 1.54) is 6.92 Å². The Bertz CT molecular complexity index is 566. The Kier molecular flexibility index (Phi) is 5.69. The summed E-state index contributed by atoms with van der Waals surface area (Å²) in [5.74, 6) is 0.551. The van der Waals surface area contributed by atoms with E-state index in [0.29, 0.717) is 6.42 Å². The Labute approximate surface area is 129 Å². The minimum Gasteiger partial charge on any atom is -0.497 e. The molecule has 0 spiro atoms. The van der Waals surface area contributed by atoms with Crippen molar-refractivity contribution in [2.45, 2.75) is 23.7 Å². The summed E-state index contributed by atoms with van der Waals surface area (Å²) in [5, 5.41) is 0. The Balaban J connectivity index is 2.06. The monoisotopic (exact) mass is 302 g/mol. The van der Waals surface area contributed by atoms with E-state index < -0.39 is 0 Å². The van der Waals surface area contributed by atoms with Crippen molar-refractivity contribution in [3.05, 3.63) is 60.2 Å². The van der Waals surface area contributed by atoms with Crippen molar-refractivity contribution in [2.24, 2.45) is 0 Å². The molecule has 2 rings (SSSR count). The molecule has 21 heavy (non-hydrogen) atoms. The van der Waals surface area contributed by atoms with Gasteiger partial charge in [-0.15, -0.1) is 0 Å². The van der Waals surface area contributed by atoms with Crippen molar-refractivity contribution in [1.29, 1.82) is 0 Å². The van der Waals surface area contributed by atoms with Gasteiger partial charge in [0.1, 0.15) is 5.75 Å². The Morgan fingerprint density at radius 1 is 1.10 bits per heavy atom. The summed E-state index contributed by atoms with van der Waals surface area (Å²) in [6.07, 6.45) is 0.656. The molecule has 0 aromatic heterocycles. The molecule has 0 heterocycles. The first-order chi connectivity index (χ1) is 10.2. The molecule has 0 N–H and O–H groups in total. The van der Waals surface area contributed by atoms with Crippen molar-refractivity contribution < 1.29 is 14.3 Å². The van der Waals surface area contributed by atoms with Crippen LogP contribution >= 0.6 is 11.8 Å². The molecule has 0 fully saturated rings. The van der Waals surface area contributed by atoms with Gasteiger partial charge in [-0.1, -0.05) is 42.1 Å². The fourth-order valence-electron chi connectivity index (χ4n) is 1.90. The Morgan fingerprint density at radius 2 is 1.76 bits per heavy atom. The number of benzene rings is 2. The molecule has 0 saturated carbocycles. The van der Waals surface area contributed by atoms with Gasteiger partial charge in [0.25, 0.3) is 0 Å². The van der Waals surface area contributed by atoms with Gasteiger partial charge in [-0.05, 0) is 29.8 Å². The van der Waals surface area contributed by atoms with Gasteiger partial charge in [-0.3, -0.25) is 4.79 Å². The second-order valence-electron chi connectivity index (χ2n) is 4.52. The molecule has 0 saturated heterocycles. The molecule has 0 aliphatic rings. The molecule has 3 nitrogen and oxygen atoms in total. The minimum absolute atomic E-state index is 0.238. The number of hydrogen-bond donors (Lipinski definition) is 0. The molecule has 0 radical (unpaired) electrons. The molecule has 1 unspecified atom stereocenters. The number of rotatable bonds is 6. The van der Waals surface area contributed by atoms with Crippen LogP contribution in [0.5, 0.6) is 5.75 Å². The molecule has 2 aromatic carbocycles. The summed E-state index contributed by atoms with van der Waals surface area (Å²) in [5.41, 5.74) is 0.865. The Hall–Kier alpha value is -1.94. The molecule has 0 amide bonds. The molecule has 0 aliphatic heterocycles. The van der Waals surface area contributed by atoms with Gasteiger partial charge in [-0.25, -0.2) is 0 Å². The quantitative estimate of drug-likeness (QED) is 0.460. The number of methoxy groups -OCH3 is 1. The van der Waals surface area contributed by atoms with Crippen LogP contribution in [0.25, 0.3) is 0 Å². The zero-order valence-corrected chi connectivity index (χ0v) is 12.9. The average molecular weight is 302 g/mol. The topological polar surface area (TPSA) is 35.5 Å². The predicted molar refractivity (Wildman–Crippen MR) is 84.6 cm³/mol. The maximum Gasteiger partial charge on any atom is 0.303 e. The van der Waals surface area contributed by atoms with E-state index in [9.17, 15) is 4.79 Å². The fourth-order valence-corrected chi connectivity index (χ4v) is 2.97. The molecule has 1 atom stereocenters. The van der Waals surface area contributed by atoms with Gasteiger partial charge < -0.3 is 9.47 Å². The van der Waals surface area contributed by atoms with E-state index in [-0.39, 0.29) is 11.4 Å². The summed E-state index contributed by atoms with van der Waals surface area (Å²) in [6, 6.07) is 17.7. The standard InChI is InChI=1S/C17H18O3S/c1-13(18)20-17(21-16-6-4-3-5-7-16)12-14-8-10-15(19-2)11-9-14/h3-11,17H,12H2,1-2H3. The maximum absolute atomic E-state index is 11.3. The lowest BCUT2D eigenvalue weighted by molar-refractivity contribution is -0.142. The van der Waals surface area contributed by atoms with Crippen LogP contribution in [0.2, 0.25) is 0 Å². The third-order valence-electron chi connectivity index (χ3n) is 2.87. The third-order valence-corrected chi connectivity index (χ3v) is 3.94. The summed E-state index contributed by atoms with van der Waals surface area (Å²) >= 11 is 1.55. The first kappa shape index (κ1) is 15.4. The number of hydrogen-bond acceptors (Lipinski definition) is 4. The van der Waals surface area contributed by atoms with E-state index in [1.807, 2.05) is 54.6 Å². The number of carbonyl (C=O) groups is 1. The highest BCUT2D eigenvalue weighted by molar-refractivity contribution is 7.99. The largest absolute Gasteiger partial charge is 0.497 e. The number of thioether (sulfide) groups is 1. The molecular formula is C17H18O3S. The highest BCUT2D eigenvalue weighted by atomic mass is 32.2. The molecule has 4 heteroatoms. The molecule has 110 valence electrons. The molecule has 2 aromatic rings. The molecule has 0 aliphatic carbocycles. The number of esters is 1. The van der Waals surface area contributed by atoms with Crippen molar-refractivity contribution in [3.8, 4) is 5.75 Å². The third kappa shape index (κ3) is 5.16. The van der Waals surface area contributed by atoms with Crippen LogP contribution in [0.3, 0.4) is 0 Å². The van der Waals surface area contributed by atoms with Crippen LogP contribution in [-0.2, 0) is 16.0 Å². The van der Waals surface area contributed by atoms with Crippen LogP contribution in [-0.4, -0.2) is 18.5 Å². The number of ether oxygens (including phenoxy) is 2. The van der Waals surface area contributed by atoms with Gasteiger partial charge in [-0.2, -0.15) is 0 Å². The van der Waals surface area contributed by atoms with Gasteiger partial charge >= 0.3 is 5.97 Å². The Morgan fingerprint density at radius 3 is 2.33 bits per heavy atom. The summed E-state index contributed by atoms with van der Waals surface area (Å²) in [6.45, 7) is 1.44. The summed E-state index contributed by atoms with van der Waals surface area (Å²) in [4.78, 5) is 12.4. The van der Waals surface area contributed by atoms with Crippen molar-refractivity contribution >= 4 is 17.7 Å². The van der Waals surface area contributed by atoms with Gasteiger partial charge in [0, 0.05) is 18.2 Å². The van der Waals surface area contributed by atoms with Crippen LogP contribution in [0, 0.1) is 0 Å². The van der Waals surface area contributed by atoms with Gasteiger partial charge in [0.2, 0.25) is 0 Å². The first-order valence-electron chi connectivity index (χ1n) is 6.69. The van der Waals surface area contributed by atoms with Crippen LogP contribution < -0.4 is 4.74 Å². The highest BCUT2D eigenvalue weighted by Gasteiger charge is 2.14. The van der Waals surface area contributed by atoms with Crippen molar-refractivity contribution in [2.75, 3.05) is 7.11 Å². The zero-order chi connectivity index (χ0) is 15.1. The second kappa shape index (κ2) is 7.74.